The second-order valence-corrected chi connectivity index (χ2v) is 5.37. The van der Waals surface area contributed by atoms with Crippen LogP contribution in [0, 0.1) is 0 Å². The van der Waals surface area contributed by atoms with Crippen molar-refractivity contribution in [3.05, 3.63) is 66.2 Å². The van der Waals surface area contributed by atoms with Gasteiger partial charge in [0.2, 0.25) is 0 Å². The van der Waals surface area contributed by atoms with Crippen molar-refractivity contribution in [1.29, 1.82) is 0 Å². The van der Waals surface area contributed by atoms with Crippen LogP contribution in [-0.2, 0) is 6.54 Å². The second kappa shape index (κ2) is 6.93. The van der Waals surface area contributed by atoms with Gasteiger partial charge in [0, 0.05) is 19.5 Å². The number of piperidine rings is 1. The molecule has 1 fully saturated rings. The van der Waals surface area contributed by atoms with Gasteiger partial charge in [0.15, 0.2) is 0 Å². The van der Waals surface area contributed by atoms with Crippen molar-refractivity contribution in [2.24, 2.45) is 5.10 Å². The lowest BCUT2D eigenvalue weighted by Gasteiger charge is -2.30. The van der Waals surface area contributed by atoms with Crippen LogP contribution in [0.5, 0.6) is 0 Å². The molecule has 3 heteroatoms. The summed E-state index contributed by atoms with van der Waals surface area (Å²) in [6, 6.07) is 20.7. The maximum Gasteiger partial charge on any atom is 0.125 e. The Balaban J connectivity index is 1.69. The summed E-state index contributed by atoms with van der Waals surface area (Å²) < 4.78 is 0. The minimum Gasteiger partial charge on any atom is -0.354 e. The van der Waals surface area contributed by atoms with Crippen LogP contribution >= 0.6 is 0 Å². The van der Waals surface area contributed by atoms with E-state index < -0.39 is 0 Å². The number of hydrogen-bond acceptors (Lipinski definition) is 2. The van der Waals surface area contributed by atoms with Crippen molar-refractivity contribution < 1.29 is 0 Å². The van der Waals surface area contributed by atoms with E-state index in [1.807, 2.05) is 30.3 Å². The molecule has 1 saturated heterocycles. The van der Waals surface area contributed by atoms with Crippen molar-refractivity contribution >= 4 is 11.5 Å². The molecule has 0 amide bonds. The fraction of sp³-hybridized carbons (Fsp3) is 0.278. The van der Waals surface area contributed by atoms with Crippen LogP contribution in [-0.4, -0.2) is 17.3 Å². The van der Waals surface area contributed by atoms with Crippen LogP contribution in [0.25, 0.3) is 0 Å². The number of likely N-dealkylation sites (tertiary alicyclic amines) is 1. The maximum atomic E-state index is 4.62. The Morgan fingerprint density at radius 2 is 1.62 bits per heavy atom. The van der Waals surface area contributed by atoms with Gasteiger partial charge in [-0.1, -0.05) is 48.5 Å². The number of para-hydroxylation sites is 1. The Kier molecular flexibility index (Phi) is 4.52. The van der Waals surface area contributed by atoms with E-state index in [0.717, 1.165) is 31.0 Å². The highest BCUT2D eigenvalue weighted by Crippen LogP contribution is 2.16. The summed E-state index contributed by atoms with van der Waals surface area (Å²) in [5.41, 5.74) is 5.55. The Bertz CT molecular complexity index is 578. The fourth-order valence-electron chi connectivity index (χ4n) is 2.62. The second-order valence-electron chi connectivity index (χ2n) is 5.37. The van der Waals surface area contributed by atoms with E-state index >= 15 is 0 Å². The molecule has 1 heterocycles. The van der Waals surface area contributed by atoms with Gasteiger partial charge in [-0.25, -0.2) is 0 Å². The number of nitrogens with zero attached hydrogens (tertiary/aromatic N) is 2. The molecule has 1 aliphatic rings. The van der Waals surface area contributed by atoms with E-state index in [-0.39, 0.29) is 0 Å². The molecule has 1 aliphatic heterocycles. The molecule has 0 bridgehead atoms. The zero-order valence-corrected chi connectivity index (χ0v) is 12.2. The average Bonchev–Trinajstić information content (AvgIpc) is 2.56. The molecular weight excluding hydrogens is 258 g/mol. The number of hydrazone groups is 1. The molecule has 2 aromatic carbocycles. The number of anilines is 1. The van der Waals surface area contributed by atoms with Gasteiger partial charge < -0.3 is 4.90 Å². The molecule has 0 unspecified atom stereocenters. The molecule has 0 saturated carbocycles. The van der Waals surface area contributed by atoms with Crippen molar-refractivity contribution in [2.45, 2.75) is 25.8 Å². The van der Waals surface area contributed by atoms with Gasteiger partial charge in [-0.15, -0.1) is 0 Å². The molecule has 3 rings (SSSR count). The van der Waals surface area contributed by atoms with E-state index in [1.165, 1.54) is 18.4 Å². The van der Waals surface area contributed by atoms with Gasteiger partial charge in [0.25, 0.3) is 0 Å². The lowest BCUT2D eigenvalue weighted by atomic mass is 10.1. The Hall–Kier alpha value is -2.29. The number of rotatable bonds is 4. The topological polar surface area (TPSA) is 27.6 Å². The highest BCUT2D eigenvalue weighted by molar-refractivity contribution is 5.83. The molecular formula is C18H21N3. The van der Waals surface area contributed by atoms with E-state index in [2.05, 4.69) is 45.8 Å². The quantitative estimate of drug-likeness (QED) is 0.853. The minimum absolute atomic E-state index is 0.941. The number of benzene rings is 2. The van der Waals surface area contributed by atoms with Crippen LogP contribution < -0.4 is 5.43 Å². The smallest absolute Gasteiger partial charge is 0.125 e. The number of amidine groups is 1. The predicted molar refractivity (Wildman–Crippen MR) is 88.2 cm³/mol. The van der Waals surface area contributed by atoms with Crippen molar-refractivity contribution in [2.75, 3.05) is 12.0 Å². The third-order valence-corrected chi connectivity index (χ3v) is 3.75. The highest BCUT2D eigenvalue weighted by Gasteiger charge is 2.16. The third-order valence-electron chi connectivity index (χ3n) is 3.75. The molecule has 2 aromatic rings. The first-order valence-corrected chi connectivity index (χ1v) is 7.58. The first kappa shape index (κ1) is 13.7. The minimum atomic E-state index is 0.941. The molecule has 21 heavy (non-hydrogen) atoms. The van der Waals surface area contributed by atoms with E-state index in [0.29, 0.717) is 0 Å². The molecule has 0 aliphatic carbocycles. The largest absolute Gasteiger partial charge is 0.354 e. The molecule has 0 atom stereocenters. The van der Waals surface area contributed by atoms with Gasteiger partial charge in [0.1, 0.15) is 5.84 Å². The highest BCUT2D eigenvalue weighted by atomic mass is 15.4. The Morgan fingerprint density at radius 3 is 2.38 bits per heavy atom. The van der Waals surface area contributed by atoms with E-state index in [4.69, 9.17) is 0 Å². The molecule has 108 valence electrons. The van der Waals surface area contributed by atoms with Crippen molar-refractivity contribution in [3.63, 3.8) is 0 Å². The predicted octanol–water partition coefficient (Wildman–Crippen LogP) is 4.10. The number of nitrogens with one attached hydrogen (secondary N) is 1. The lowest BCUT2D eigenvalue weighted by molar-refractivity contribution is 0.363. The Morgan fingerprint density at radius 1 is 0.905 bits per heavy atom. The van der Waals surface area contributed by atoms with E-state index in [1.54, 1.807) is 0 Å². The van der Waals surface area contributed by atoms with Gasteiger partial charge in [-0.3, -0.25) is 5.43 Å². The van der Waals surface area contributed by atoms with Crippen LogP contribution in [0.2, 0.25) is 0 Å². The first-order chi connectivity index (χ1) is 10.4. The van der Waals surface area contributed by atoms with E-state index in [9.17, 15) is 0 Å². The summed E-state index contributed by atoms with van der Waals surface area (Å²) in [5, 5.41) is 4.62. The van der Waals surface area contributed by atoms with Gasteiger partial charge in [0.05, 0.1) is 5.69 Å². The lowest BCUT2D eigenvalue weighted by Crippen LogP contribution is -2.35. The fourth-order valence-corrected chi connectivity index (χ4v) is 2.62. The standard InChI is InChI=1S/C18H21N3/c1-3-9-16(10-4-1)15-21-14-8-7-13-18(21)20-19-17-11-5-2-6-12-17/h1-6,9-12,19H,7-8,13-15H2. The van der Waals surface area contributed by atoms with Gasteiger partial charge >= 0.3 is 0 Å². The molecule has 0 spiro atoms. The monoisotopic (exact) mass is 279 g/mol. The average molecular weight is 279 g/mol. The molecule has 0 radical (unpaired) electrons. The summed E-state index contributed by atoms with van der Waals surface area (Å²) in [5.74, 6) is 1.16. The molecule has 1 N–H and O–H groups in total. The summed E-state index contributed by atoms with van der Waals surface area (Å²) in [7, 11) is 0. The first-order valence-electron chi connectivity index (χ1n) is 7.58. The summed E-state index contributed by atoms with van der Waals surface area (Å²) in [4.78, 5) is 2.38. The number of hydrogen-bond donors (Lipinski definition) is 1. The van der Waals surface area contributed by atoms with Crippen molar-refractivity contribution in [3.8, 4) is 0 Å². The zero-order valence-electron chi connectivity index (χ0n) is 12.2. The summed E-state index contributed by atoms with van der Waals surface area (Å²) >= 11 is 0. The third kappa shape index (κ3) is 3.85. The van der Waals surface area contributed by atoms with Crippen molar-refractivity contribution in [1.82, 2.24) is 4.90 Å². The normalized spacial score (nSPS) is 17.0. The van der Waals surface area contributed by atoms with Crippen LogP contribution in [0.4, 0.5) is 5.69 Å². The van der Waals surface area contributed by atoms with Crippen LogP contribution in [0.15, 0.2) is 65.8 Å². The van der Waals surface area contributed by atoms with Crippen LogP contribution in [0.3, 0.4) is 0 Å². The summed E-state index contributed by atoms with van der Waals surface area (Å²) in [6.45, 7) is 2.03. The molecule has 0 aromatic heterocycles. The Labute approximate surface area is 126 Å². The molecule has 3 nitrogen and oxygen atoms in total. The van der Waals surface area contributed by atoms with Crippen LogP contribution in [0.1, 0.15) is 24.8 Å². The van der Waals surface area contributed by atoms with Gasteiger partial charge in [-0.2, -0.15) is 5.10 Å². The summed E-state index contributed by atoms with van der Waals surface area (Å²) in [6.07, 6.45) is 3.52. The SMILES string of the molecule is c1ccc(CN2CCCCC2=NNc2ccccc2)cc1. The zero-order chi connectivity index (χ0) is 14.3. The van der Waals surface area contributed by atoms with Gasteiger partial charge in [-0.05, 0) is 30.5 Å². The maximum absolute atomic E-state index is 4.62.